The van der Waals surface area contributed by atoms with Gasteiger partial charge in [0, 0.05) is 10.8 Å². The zero-order valence-corrected chi connectivity index (χ0v) is 11.8. The van der Waals surface area contributed by atoms with Crippen LogP contribution in [0.2, 0.25) is 0 Å². The van der Waals surface area contributed by atoms with E-state index in [-0.39, 0.29) is 11.6 Å². The van der Waals surface area contributed by atoms with Crippen molar-refractivity contribution in [1.82, 2.24) is 20.3 Å². The van der Waals surface area contributed by atoms with Crippen LogP contribution in [0.1, 0.15) is 39.8 Å². The number of nitrogens with zero attached hydrogens (tertiary/aromatic N) is 3. The van der Waals surface area contributed by atoms with Gasteiger partial charge in [-0.2, -0.15) is 0 Å². The summed E-state index contributed by atoms with van der Waals surface area (Å²) in [6.45, 7) is 2.42. The number of aromatic nitrogens is 3. The minimum absolute atomic E-state index is 0.105. The lowest BCUT2D eigenvalue weighted by molar-refractivity contribution is 0.0688. The summed E-state index contributed by atoms with van der Waals surface area (Å²) < 4.78 is 1.76. The Kier molecular flexibility index (Phi) is 3.79. The molecular weight excluding hydrogens is 276 g/mol. The van der Waals surface area contributed by atoms with Gasteiger partial charge in [0.2, 0.25) is 0 Å². The molecule has 1 aliphatic rings. The Morgan fingerprint density at radius 1 is 1.50 bits per heavy atom. The number of thiophene rings is 1. The fraction of sp³-hybridized carbons (Fsp3) is 0.462. The quantitative estimate of drug-likeness (QED) is 0.894. The fourth-order valence-electron chi connectivity index (χ4n) is 2.64. The normalized spacial score (nSPS) is 16.4. The molecular formula is C13H16N4O2S. The van der Waals surface area contributed by atoms with Crippen molar-refractivity contribution in [2.75, 3.05) is 13.1 Å². The van der Waals surface area contributed by atoms with Gasteiger partial charge in [-0.3, -0.25) is 0 Å². The topological polar surface area (TPSA) is 80.0 Å². The number of carboxylic acids is 1. The lowest BCUT2D eigenvalue weighted by Gasteiger charge is -2.23. The summed E-state index contributed by atoms with van der Waals surface area (Å²) >= 11 is 1.64. The molecule has 1 aliphatic heterocycles. The van der Waals surface area contributed by atoms with E-state index in [1.165, 1.54) is 0 Å². The average Bonchev–Trinajstić information content (AvgIpc) is 3.09. The van der Waals surface area contributed by atoms with E-state index in [4.69, 9.17) is 0 Å². The second-order valence-electron chi connectivity index (χ2n) is 4.89. The lowest BCUT2D eigenvalue weighted by Crippen LogP contribution is -2.28. The average molecular weight is 292 g/mol. The summed E-state index contributed by atoms with van der Waals surface area (Å²) in [6.07, 6.45) is 1.86. The van der Waals surface area contributed by atoms with Gasteiger partial charge in [0.1, 0.15) is 0 Å². The number of nitrogens with one attached hydrogen (secondary N) is 1. The first kappa shape index (κ1) is 13.3. The zero-order chi connectivity index (χ0) is 13.9. The molecule has 0 amide bonds. The number of hydrogen-bond acceptors (Lipinski definition) is 5. The van der Waals surface area contributed by atoms with Crippen LogP contribution in [0.25, 0.3) is 0 Å². The van der Waals surface area contributed by atoms with E-state index >= 15 is 0 Å². The second kappa shape index (κ2) is 5.72. The molecule has 0 saturated carbocycles. The van der Waals surface area contributed by atoms with E-state index in [0.29, 0.717) is 6.54 Å². The molecule has 0 radical (unpaired) electrons. The molecule has 0 unspecified atom stereocenters. The lowest BCUT2D eigenvalue weighted by atomic mass is 9.93. The molecule has 1 saturated heterocycles. The molecule has 0 spiro atoms. The van der Waals surface area contributed by atoms with Crippen molar-refractivity contribution in [2.45, 2.75) is 25.3 Å². The number of rotatable bonds is 4. The third-order valence-electron chi connectivity index (χ3n) is 3.59. The first-order valence-electron chi connectivity index (χ1n) is 6.65. The molecule has 2 N–H and O–H groups in total. The molecule has 6 nitrogen and oxygen atoms in total. The molecule has 0 aliphatic carbocycles. The van der Waals surface area contributed by atoms with Gasteiger partial charge in [0.15, 0.2) is 5.69 Å². The van der Waals surface area contributed by atoms with Crippen LogP contribution < -0.4 is 5.32 Å². The fourth-order valence-corrected chi connectivity index (χ4v) is 3.32. The molecule has 20 heavy (non-hydrogen) atoms. The maximum absolute atomic E-state index is 11.4. The highest BCUT2D eigenvalue weighted by molar-refractivity contribution is 7.09. The van der Waals surface area contributed by atoms with E-state index in [2.05, 4.69) is 15.6 Å². The number of carboxylic acid groups (broad SMARTS) is 1. The van der Waals surface area contributed by atoms with Gasteiger partial charge in [0.05, 0.1) is 12.2 Å². The van der Waals surface area contributed by atoms with E-state index < -0.39 is 5.97 Å². The SMILES string of the molecule is O=C(O)c1nnn(Cc2cccs2)c1C1CCNCC1. The monoisotopic (exact) mass is 292 g/mol. The third kappa shape index (κ3) is 2.59. The Bertz CT molecular complexity index is 588. The predicted molar refractivity (Wildman–Crippen MR) is 75.2 cm³/mol. The number of carbonyl (C=O) groups is 1. The first-order chi connectivity index (χ1) is 9.75. The Hall–Kier alpha value is -1.73. The van der Waals surface area contributed by atoms with E-state index in [1.807, 2.05) is 17.5 Å². The largest absolute Gasteiger partial charge is 0.476 e. The van der Waals surface area contributed by atoms with Crippen molar-refractivity contribution in [1.29, 1.82) is 0 Å². The highest BCUT2D eigenvalue weighted by atomic mass is 32.1. The minimum Gasteiger partial charge on any atom is -0.476 e. The van der Waals surface area contributed by atoms with Crippen LogP contribution in [0.5, 0.6) is 0 Å². The summed E-state index contributed by atoms with van der Waals surface area (Å²) in [4.78, 5) is 12.5. The van der Waals surface area contributed by atoms with Crippen molar-refractivity contribution in [3.05, 3.63) is 33.8 Å². The molecule has 0 atom stereocenters. The van der Waals surface area contributed by atoms with Gasteiger partial charge in [-0.1, -0.05) is 11.3 Å². The summed E-state index contributed by atoms with van der Waals surface area (Å²) in [5.74, 6) is -0.770. The third-order valence-corrected chi connectivity index (χ3v) is 4.45. The van der Waals surface area contributed by atoms with Gasteiger partial charge >= 0.3 is 5.97 Å². The highest BCUT2D eigenvalue weighted by Gasteiger charge is 2.27. The standard InChI is InChI=1S/C13H16N4O2S/c18-13(19)11-12(9-3-5-14-6-4-9)17(16-15-11)8-10-2-1-7-20-10/h1-2,7,9,14H,3-6,8H2,(H,18,19). The summed E-state index contributed by atoms with van der Waals surface area (Å²) in [5.41, 5.74) is 0.876. The molecule has 1 fully saturated rings. The van der Waals surface area contributed by atoms with Crippen molar-refractivity contribution >= 4 is 17.3 Å². The molecule has 3 rings (SSSR count). The van der Waals surface area contributed by atoms with Crippen molar-refractivity contribution < 1.29 is 9.90 Å². The van der Waals surface area contributed by atoms with E-state index in [9.17, 15) is 9.90 Å². The van der Waals surface area contributed by atoms with Gasteiger partial charge in [-0.15, -0.1) is 16.4 Å². The van der Waals surface area contributed by atoms with E-state index in [1.54, 1.807) is 16.0 Å². The van der Waals surface area contributed by atoms with Crippen LogP contribution in [-0.4, -0.2) is 39.2 Å². The molecule has 7 heteroatoms. The Morgan fingerprint density at radius 3 is 2.95 bits per heavy atom. The maximum atomic E-state index is 11.4. The summed E-state index contributed by atoms with van der Waals surface area (Å²) in [6, 6.07) is 4.01. The highest BCUT2D eigenvalue weighted by Crippen LogP contribution is 2.28. The van der Waals surface area contributed by atoms with Crippen LogP contribution in [-0.2, 0) is 6.54 Å². The van der Waals surface area contributed by atoms with Gasteiger partial charge in [0.25, 0.3) is 0 Å². The molecule has 2 aromatic rings. The Labute approximate surface area is 120 Å². The molecule has 0 aromatic carbocycles. The van der Waals surface area contributed by atoms with Crippen molar-refractivity contribution in [3.63, 3.8) is 0 Å². The summed E-state index contributed by atoms with van der Waals surface area (Å²) in [5, 5.41) is 22.5. The molecule has 2 aromatic heterocycles. The van der Waals surface area contributed by atoms with Crippen molar-refractivity contribution in [3.8, 4) is 0 Å². The summed E-state index contributed by atoms with van der Waals surface area (Å²) in [7, 11) is 0. The first-order valence-corrected chi connectivity index (χ1v) is 7.53. The molecule has 106 valence electrons. The number of piperidine rings is 1. The maximum Gasteiger partial charge on any atom is 0.358 e. The van der Waals surface area contributed by atoms with Crippen LogP contribution in [0, 0.1) is 0 Å². The van der Waals surface area contributed by atoms with Gasteiger partial charge in [-0.25, -0.2) is 9.48 Å². The van der Waals surface area contributed by atoms with E-state index in [0.717, 1.165) is 36.5 Å². The van der Waals surface area contributed by atoms with Gasteiger partial charge < -0.3 is 10.4 Å². The smallest absolute Gasteiger partial charge is 0.358 e. The number of hydrogen-bond donors (Lipinski definition) is 2. The van der Waals surface area contributed by atoms with Crippen LogP contribution >= 0.6 is 11.3 Å². The Morgan fingerprint density at radius 2 is 2.30 bits per heavy atom. The Balaban J connectivity index is 1.94. The zero-order valence-electron chi connectivity index (χ0n) is 11.0. The van der Waals surface area contributed by atoms with Crippen LogP contribution in [0.4, 0.5) is 0 Å². The van der Waals surface area contributed by atoms with Gasteiger partial charge in [-0.05, 0) is 37.4 Å². The van der Waals surface area contributed by atoms with Crippen LogP contribution in [0.3, 0.4) is 0 Å². The molecule has 3 heterocycles. The van der Waals surface area contributed by atoms with Crippen molar-refractivity contribution in [2.24, 2.45) is 0 Å². The second-order valence-corrected chi connectivity index (χ2v) is 5.92. The number of aromatic carboxylic acids is 1. The molecule has 0 bridgehead atoms. The van der Waals surface area contributed by atoms with Crippen LogP contribution in [0.15, 0.2) is 17.5 Å². The predicted octanol–water partition coefficient (Wildman–Crippen LogP) is 1.55. The minimum atomic E-state index is -0.990.